The highest BCUT2D eigenvalue weighted by molar-refractivity contribution is 8.05. The van der Waals surface area contributed by atoms with E-state index < -0.39 is 16.2 Å². The number of anilines is 1. The van der Waals surface area contributed by atoms with E-state index in [-0.39, 0.29) is 38.0 Å². The molecule has 2 aliphatic heterocycles. The van der Waals surface area contributed by atoms with E-state index in [0.29, 0.717) is 5.56 Å². The number of hydrogen-bond acceptors (Lipinski definition) is 12. The van der Waals surface area contributed by atoms with Crippen LogP contribution >= 0.6 is 34.9 Å². The molecular weight excluding hydrogens is 1170 g/mol. The van der Waals surface area contributed by atoms with Crippen molar-refractivity contribution in [3.63, 3.8) is 0 Å². The third kappa shape index (κ3) is 16.4. The van der Waals surface area contributed by atoms with Crippen LogP contribution in [0.25, 0.3) is 0 Å². The van der Waals surface area contributed by atoms with E-state index in [1.807, 2.05) is 53.7 Å². The fourth-order valence-electron chi connectivity index (χ4n) is 11.1. The number of carboxylic acids is 1. The lowest BCUT2D eigenvalue weighted by Crippen LogP contribution is -2.68. The van der Waals surface area contributed by atoms with Gasteiger partial charge in [0.05, 0.1) is 22.3 Å². The highest BCUT2D eigenvalue weighted by Crippen LogP contribution is 2.49. The molecule has 0 saturated heterocycles. The van der Waals surface area contributed by atoms with E-state index in [2.05, 4.69) is 252 Å². The standard InChI is InChI=1S/C34H37N4S3.C19H30O2.C18H15S.ClHO4/c1-33(2)24-12-8-10-14-26(24)37(5)28(33)20-18-22-16-17-23(30(22)40-32-36-35-31(39-7)41-32)19-21-29-34(3,4)25-13-9-11-15-27(25)38(29)6;1-17(2,3)12-10-13(18(4,5)6)15(16(20)21)14(11-12)19(7,8)9;1-4-10-16(11-5-1)19(17-12-6-2-7-13-17)18-14-8-3-9-15-18;2-1(3,4)5/h8-15,18-21H,16-17H2,1-7H3;10-11H,1-9H3,(H,20,21);1-15H;(H,2,3,4,5)/q+1;;+1;/p-2. The summed E-state index contributed by atoms with van der Waals surface area (Å²) in [6.07, 6.45) is 13.5. The Balaban J connectivity index is 0.000000196. The van der Waals surface area contributed by atoms with Gasteiger partial charge in [-0.2, -0.15) is 4.58 Å². The minimum Gasteiger partial charge on any atom is -0.545 e. The van der Waals surface area contributed by atoms with Gasteiger partial charge < -0.3 is 14.8 Å². The number of carboxylic acid groups (broad SMARTS) is 1. The predicted octanol–water partition coefficient (Wildman–Crippen LogP) is 12.9. The Bertz CT molecular complexity index is 3540. The number of halogens is 1. The monoisotopic (exact) mass is 1250 g/mol. The molecule has 1 aliphatic carbocycles. The van der Waals surface area contributed by atoms with Gasteiger partial charge in [0, 0.05) is 52.0 Å². The van der Waals surface area contributed by atoms with Gasteiger partial charge in [0.2, 0.25) is 5.69 Å². The minimum absolute atomic E-state index is 0.0146. The second-order valence-corrected chi connectivity index (χ2v) is 31.5. The van der Waals surface area contributed by atoms with Crippen LogP contribution in [-0.4, -0.2) is 46.8 Å². The number of aromatic carboxylic acids is 1. The van der Waals surface area contributed by atoms with Crippen LogP contribution in [0, 0.1) is 10.2 Å². The van der Waals surface area contributed by atoms with E-state index in [4.69, 9.17) is 18.6 Å². The summed E-state index contributed by atoms with van der Waals surface area (Å²) in [5.74, 6) is -1.08. The Morgan fingerprint density at radius 2 is 1.10 bits per heavy atom. The van der Waals surface area contributed by atoms with E-state index >= 15 is 0 Å². The van der Waals surface area contributed by atoms with Crippen LogP contribution in [0.5, 0.6) is 0 Å². The van der Waals surface area contributed by atoms with Crippen LogP contribution in [-0.2, 0) is 38.0 Å². The van der Waals surface area contributed by atoms with E-state index in [9.17, 15) is 9.90 Å². The first kappa shape index (κ1) is 67.5. The van der Waals surface area contributed by atoms with Crippen molar-refractivity contribution in [2.75, 3.05) is 25.3 Å². The van der Waals surface area contributed by atoms with Crippen molar-refractivity contribution in [1.82, 2.24) is 10.2 Å². The molecule has 0 unspecified atom stereocenters. The summed E-state index contributed by atoms with van der Waals surface area (Å²) < 4.78 is 38.3. The normalized spacial score (nSPS) is 16.4. The molecule has 10 rings (SSSR count). The van der Waals surface area contributed by atoms with E-state index in [0.717, 1.165) is 32.6 Å². The predicted molar refractivity (Wildman–Crippen MR) is 346 cm³/mol. The first-order valence-electron chi connectivity index (χ1n) is 28.6. The van der Waals surface area contributed by atoms with Crippen LogP contribution in [0.3, 0.4) is 0 Å². The van der Waals surface area contributed by atoms with Gasteiger partial charge >= 0.3 is 0 Å². The molecule has 0 bridgehead atoms. The smallest absolute Gasteiger partial charge is 0.209 e. The zero-order chi connectivity index (χ0) is 63.2. The molecule has 10 nitrogen and oxygen atoms in total. The number of hydrogen-bond donors (Lipinski definition) is 0. The summed E-state index contributed by atoms with van der Waals surface area (Å²) in [5, 5.41) is 20.7. The van der Waals surface area contributed by atoms with Crippen LogP contribution in [0.2, 0.25) is 0 Å². The van der Waals surface area contributed by atoms with Crippen LogP contribution in [0.15, 0.2) is 221 Å². The van der Waals surface area contributed by atoms with Crippen molar-refractivity contribution in [1.29, 1.82) is 0 Å². The van der Waals surface area contributed by atoms with Gasteiger partial charge in [-0.1, -0.05) is 226 Å². The highest BCUT2D eigenvalue weighted by Gasteiger charge is 2.43. The molecule has 0 saturated carbocycles. The summed E-state index contributed by atoms with van der Waals surface area (Å²) in [6, 6.07) is 53.8. The number of fused-ring (bicyclic) bond motifs is 2. The first-order valence-corrected chi connectivity index (χ1v) is 33.9. The zero-order valence-electron chi connectivity index (χ0n) is 52.4. The fourth-order valence-corrected chi connectivity index (χ4v) is 15.9. The Hall–Kier alpha value is -6.04. The Labute approximate surface area is 528 Å². The molecule has 0 atom stereocenters. The Kier molecular flexibility index (Phi) is 21.6. The van der Waals surface area contributed by atoms with Crippen molar-refractivity contribution >= 4 is 68.8 Å². The van der Waals surface area contributed by atoms with Crippen LogP contribution in [0.4, 0.5) is 11.4 Å². The quantitative estimate of drug-likeness (QED) is 0.0727. The van der Waals surface area contributed by atoms with E-state index in [1.165, 1.54) is 70.2 Å². The molecular formula is C71H81ClN4O6S4. The van der Waals surface area contributed by atoms with Gasteiger partial charge in [0.25, 0.3) is 0 Å². The molecule has 3 aliphatic rings. The molecule has 452 valence electrons. The zero-order valence-corrected chi connectivity index (χ0v) is 56.4. The number of para-hydroxylation sites is 2. The van der Waals surface area contributed by atoms with Crippen molar-refractivity contribution in [3.8, 4) is 0 Å². The number of rotatable bonds is 10. The summed E-state index contributed by atoms with van der Waals surface area (Å²) in [7, 11) is -0.585. The minimum atomic E-state index is -4.94. The number of allylic oxidation sites excluding steroid dienone is 7. The van der Waals surface area contributed by atoms with Crippen molar-refractivity contribution < 1.29 is 43.4 Å². The highest BCUT2D eigenvalue weighted by atomic mass is 35.7. The van der Waals surface area contributed by atoms with Crippen LogP contribution in [0.1, 0.15) is 141 Å². The third-order valence-corrected chi connectivity index (χ3v) is 20.9. The lowest BCUT2D eigenvalue weighted by atomic mass is 9.72. The van der Waals surface area contributed by atoms with Gasteiger partial charge in [-0.05, 0) is 131 Å². The number of aromatic nitrogens is 2. The van der Waals surface area contributed by atoms with Crippen molar-refractivity contribution in [3.05, 3.63) is 231 Å². The second kappa shape index (κ2) is 27.6. The maximum atomic E-state index is 11.8. The molecule has 3 heterocycles. The van der Waals surface area contributed by atoms with Gasteiger partial charge in [0.15, 0.2) is 29.1 Å². The number of thioether (sulfide) groups is 2. The fraction of sp³-hybridized carbons (Fsp3) is 0.324. The van der Waals surface area contributed by atoms with Gasteiger partial charge in [-0.25, -0.2) is 18.6 Å². The second-order valence-electron chi connectivity index (χ2n) is 25.5. The number of carbonyl (C=O) groups excluding carboxylic acids is 1. The summed E-state index contributed by atoms with van der Waals surface area (Å²) >= 11 is 5.10. The molecule has 7 aromatic rings. The molecule has 15 heteroatoms. The topological polar surface area (TPSA) is 164 Å². The lowest BCUT2D eigenvalue weighted by Gasteiger charge is -2.33. The van der Waals surface area contributed by atoms with E-state index in [1.54, 1.807) is 34.9 Å². The lowest BCUT2D eigenvalue weighted by molar-refractivity contribution is -2.00. The Morgan fingerprint density at radius 3 is 1.55 bits per heavy atom. The first-order chi connectivity index (χ1) is 40.2. The van der Waals surface area contributed by atoms with Gasteiger partial charge in [0.1, 0.15) is 7.05 Å². The number of carbonyl (C=O) groups is 1. The Morgan fingerprint density at radius 1 is 0.640 bits per heavy atom. The molecule has 0 fully saturated rings. The number of likely N-dealkylation sites (N-methyl/N-ethyl adjacent to an activating group) is 1. The summed E-state index contributed by atoms with van der Waals surface area (Å²) in [5.41, 5.74) is 13.4. The van der Waals surface area contributed by atoms with Crippen molar-refractivity contribution in [2.45, 2.75) is 153 Å². The van der Waals surface area contributed by atoms with Crippen molar-refractivity contribution in [2.24, 2.45) is 0 Å². The molecule has 86 heavy (non-hydrogen) atoms. The molecule has 0 amide bonds. The number of nitrogens with zero attached hydrogens (tertiary/aromatic N) is 4. The summed E-state index contributed by atoms with van der Waals surface area (Å²) in [6.45, 7) is 28.1. The molecule has 0 radical (unpaired) electrons. The average Bonchev–Trinajstić information content (AvgIpc) is 1.79. The molecule has 1 aromatic heterocycles. The third-order valence-electron chi connectivity index (χ3n) is 15.5. The number of benzene rings is 6. The van der Waals surface area contributed by atoms with Gasteiger partial charge in [-0.15, -0.1) is 20.4 Å². The SMILES string of the molecule is CC(C)(C)c1cc(C(C)(C)C)c(C(=O)[O-])c(C(C)(C)C)c1.CSc1nnc(SC2=C(/C=C/C3=[N+](C)c4ccccc4C3(C)C)CC/C2=C\C=C2\N(C)c3ccccc3C2(C)C)s1.[O-][Cl+3]([O-])([O-])[O-].c1ccc([S+](c2ccccc2)c2ccccc2)cc1. The average molecular weight is 1250 g/mol. The maximum Gasteiger partial charge on any atom is 0.209 e. The molecule has 0 N–H and O–H groups in total. The largest absolute Gasteiger partial charge is 0.545 e. The molecule has 6 aromatic carbocycles. The molecule has 0 spiro atoms. The van der Waals surface area contributed by atoms with Gasteiger partial charge in [-0.3, -0.25) is 0 Å². The van der Waals surface area contributed by atoms with Crippen LogP contribution < -0.4 is 28.6 Å². The maximum absolute atomic E-state index is 11.8. The summed E-state index contributed by atoms with van der Waals surface area (Å²) in [4.78, 5) is 19.5.